The zero-order valence-corrected chi connectivity index (χ0v) is 12.9. The molecule has 0 saturated heterocycles. The summed E-state index contributed by atoms with van der Waals surface area (Å²) in [6, 6.07) is 8.02. The molecule has 1 aromatic heterocycles. The van der Waals surface area contributed by atoms with Crippen molar-refractivity contribution >= 4 is 29.7 Å². The normalized spacial score (nSPS) is 12.7. The fraction of sp³-hybridized carbons (Fsp3) is 0.267. The third-order valence-corrected chi connectivity index (χ3v) is 4.50. The maximum Gasteiger partial charge on any atom is 0.251 e. The largest absolute Gasteiger partial charge is 0.347 e. The molecule has 0 unspecified atom stereocenters. The Morgan fingerprint density at radius 3 is 2.85 bits per heavy atom. The summed E-state index contributed by atoms with van der Waals surface area (Å²) in [6.07, 6.45) is 0. The van der Waals surface area contributed by atoms with Crippen molar-refractivity contribution in [3.05, 3.63) is 56.8 Å². The van der Waals surface area contributed by atoms with Gasteiger partial charge in [-0.2, -0.15) is 0 Å². The predicted molar refractivity (Wildman–Crippen MR) is 84.5 cm³/mol. The van der Waals surface area contributed by atoms with Crippen LogP contribution in [0.25, 0.3) is 0 Å². The van der Waals surface area contributed by atoms with Gasteiger partial charge in [-0.3, -0.25) is 4.79 Å². The molecule has 0 fully saturated rings. The van der Waals surface area contributed by atoms with Crippen LogP contribution in [0, 0.1) is 6.92 Å². The number of nitrogens with one attached hydrogen (secondary N) is 2. The molecule has 5 heteroatoms. The minimum absolute atomic E-state index is 0. The van der Waals surface area contributed by atoms with Gasteiger partial charge in [-0.1, -0.05) is 6.07 Å². The molecular weight excluding hydrogens is 292 g/mol. The Bertz CT molecular complexity index is 624. The first-order valence-corrected chi connectivity index (χ1v) is 7.25. The molecule has 3 nitrogen and oxygen atoms in total. The molecule has 3 rings (SSSR count). The van der Waals surface area contributed by atoms with Crippen molar-refractivity contribution in [2.45, 2.75) is 26.6 Å². The summed E-state index contributed by atoms with van der Waals surface area (Å²) in [7, 11) is 0. The minimum Gasteiger partial charge on any atom is -0.347 e. The van der Waals surface area contributed by atoms with E-state index in [-0.39, 0.29) is 18.3 Å². The van der Waals surface area contributed by atoms with Gasteiger partial charge in [0.25, 0.3) is 5.91 Å². The Hall–Kier alpha value is -1.36. The van der Waals surface area contributed by atoms with Gasteiger partial charge >= 0.3 is 0 Å². The monoisotopic (exact) mass is 308 g/mol. The molecule has 1 amide bonds. The summed E-state index contributed by atoms with van der Waals surface area (Å²) in [6.45, 7) is 4.45. The molecule has 1 aromatic carbocycles. The standard InChI is InChI=1S/C15H16N2OS.ClH/c1-10-4-5-19-14(10)9-17-15(18)11-2-3-12-7-16-8-13(12)6-11;/h2-6,16H,7-9H2,1H3,(H,17,18);1H. The van der Waals surface area contributed by atoms with Crippen molar-refractivity contribution in [1.82, 2.24) is 10.6 Å². The van der Waals surface area contributed by atoms with Crippen LogP contribution in [0.1, 0.15) is 31.9 Å². The molecule has 0 spiro atoms. The zero-order chi connectivity index (χ0) is 13.2. The van der Waals surface area contributed by atoms with Crippen molar-refractivity contribution in [3.8, 4) is 0 Å². The smallest absolute Gasteiger partial charge is 0.251 e. The number of halogens is 1. The maximum absolute atomic E-state index is 12.1. The van der Waals surface area contributed by atoms with Crippen LogP contribution in [0.5, 0.6) is 0 Å². The number of hydrogen-bond donors (Lipinski definition) is 2. The van der Waals surface area contributed by atoms with Crippen LogP contribution >= 0.6 is 23.7 Å². The van der Waals surface area contributed by atoms with Gasteiger partial charge in [-0.05, 0) is 47.2 Å². The molecule has 106 valence electrons. The Labute approximate surface area is 128 Å². The average molecular weight is 309 g/mol. The SMILES string of the molecule is Cc1ccsc1CNC(=O)c1ccc2c(c1)CNC2.Cl. The number of benzene rings is 1. The fourth-order valence-electron chi connectivity index (χ4n) is 2.28. The number of carbonyl (C=O) groups is 1. The number of aryl methyl sites for hydroxylation is 1. The second-order valence-electron chi connectivity index (χ2n) is 4.80. The molecule has 0 bridgehead atoms. The summed E-state index contributed by atoms with van der Waals surface area (Å²) in [5.74, 6) is 0.00231. The summed E-state index contributed by atoms with van der Waals surface area (Å²) >= 11 is 1.68. The predicted octanol–water partition coefficient (Wildman–Crippen LogP) is 3.01. The highest BCUT2D eigenvalue weighted by Crippen LogP contribution is 2.18. The molecule has 2 N–H and O–H groups in total. The van der Waals surface area contributed by atoms with Crippen LogP contribution in [0.15, 0.2) is 29.6 Å². The van der Waals surface area contributed by atoms with Crippen LogP contribution < -0.4 is 10.6 Å². The number of amides is 1. The van der Waals surface area contributed by atoms with Gasteiger partial charge in [0, 0.05) is 23.5 Å². The fourth-order valence-corrected chi connectivity index (χ4v) is 3.13. The minimum atomic E-state index is 0. The van der Waals surface area contributed by atoms with Crippen LogP contribution in [0.4, 0.5) is 0 Å². The maximum atomic E-state index is 12.1. The Morgan fingerprint density at radius 2 is 2.10 bits per heavy atom. The highest BCUT2D eigenvalue weighted by atomic mass is 35.5. The van der Waals surface area contributed by atoms with E-state index in [4.69, 9.17) is 0 Å². The van der Waals surface area contributed by atoms with E-state index in [2.05, 4.69) is 29.0 Å². The van der Waals surface area contributed by atoms with E-state index >= 15 is 0 Å². The summed E-state index contributed by atoms with van der Waals surface area (Å²) in [5, 5.41) is 8.32. The molecule has 0 radical (unpaired) electrons. The van der Waals surface area contributed by atoms with Crippen LogP contribution in [-0.4, -0.2) is 5.91 Å². The average Bonchev–Trinajstić information content (AvgIpc) is 3.03. The first-order chi connectivity index (χ1) is 9.24. The molecule has 0 aliphatic carbocycles. The van der Waals surface area contributed by atoms with Gasteiger partial charge in [0.05, 0.1) is 6.54 Å². The molecule has 1 aliphatic rings. The van der Waals surface area contributed by atoms with Crippen molar-refractivity contribution in [3.63, 3.8) is 0 Å². The number of carbonyl (C=O) groups excluding carboxylic acids is 1. The number of hydrogen-bond acceptors (Lipinski definition) is 3. The van der Waals surface area contributed by atoms with E-state index in [1.807, 2.05) is 18.2 Å². The molecule has 0 saturated carbocycles. The number of thiophene rings is 1. The molecule has 1 aliphatic heterocycles. The van der Waals surface area contributed by atoms with Crippen molar-refractivity contribution < 1.29 is 4.79 Å². The van der Waals surface area contributed by atoms with Crippen LogP contribution in [0.3, 0.4) is 0 Å². The van der Waals surface area contributed by atoms with E-state index in [1.54, 1.807) is 11.3 Å². The first-order valence-electron chi connectivity index (χ1n) is 6.38. The van der Waals surface area contributed by atoms with E-state index in [1.165, 1.54) is 21.6 Å². The second-order valence-corrected chi connectivity index (χ2v) is 5.80. The van der Waals surface area contributed by atoms with Crippen molar-refractivity contribution in [2.24, 2.45) is 0 Å². The third kappa shape index (κ3) is 3.03. The summed E-state index contributed by atoms with van der Waals surface area (Å²) < 4.78 is 0. The summed E-state index contributed by atoms with van der Waals surface area (Å²) in [4.78, 5) is 13.3. The van der Waals surface area contributed by atoms with E-state index in [0.29, 0.717) is 6.54 Å². The van der Waals surface area contributed by atoms with Gasteiger partial charge in [-0.25, -0.2) is 0 Å². The second kappa shape index (κ2) is 6.39. The van der Waals surface area contributed by atoms with Gasteiger partial charge in [-0.15, -0.1) is 23.7 Å². The van der Waals surface area contributed by atoms with Gasteiger partial charge < -0.3 is 10.6 Å². The van der Waals surface area contributed by atoms with Crippen LogP contribution in [-0.2, 0) is 19.6 Å². The lowest BCUT2D eigenvalue weighted by Gasteiger charge is -2.06. The molecule has 2 heterocycles. The molecule has 2 aromatic rings. The van der Waals surface area contributed by atoms with E-state index < -0.39 is 0 Å². The zero-order valence-electron chi connectivity index (χ0n) is 11.2. The Balaban J connectivity index is 0.00000147. The lowest BCUT2D eigenvalue weighted by Crippen LogP contribution is -2.22. The third-order valence-electron chi connectivity index (χ3n) is 3.48. The lowest BCUT2D eigenvalue weighted by atomic mass is 10.1. The number of rotatable bonds is 3. The highest BCUT2D eigenvalue weighted by molar-refractivity contribution is 7.10. The lowest BCUT2D eigenvalue weighted by molar-refractivity contribution is 0.0951. The highest BCUT2D eigenvalue weighted by Gasteiger charge is 2.13. The Morgan fingerprint density at radius 1 is 1.30 bits per heavy atom. The molecule has 20 heavy (non-hydrogen) atoms. The molecular formula is C15H17ClN2OS. The quantitative estimate of drug-likeness (QED) is 0.915. The summed E-state index contributed by atoms with van der Waals surface area (Å²) in [5.41, 5.74) is 4.52. The van der Waals surface area contributed by atoms with Crippen molar-refractivity contribution in [1.29, 1.82) is 0 Å². The number of fused-ring (bicyclic) bond motifs is 1. The van der Waals surface area contributed by atoms with Gasteiger partial charge in [0.1, 0.15) is 0 Å². The van der Waals surface area contributed by atoms with Crippen LogP contribution in [0.2, 0.25) is 0 Å². The van der Waals surface area contributed by atoms with E-state index in [9.17, 15) is 4.79 Å². The Kier molecular flexibility index (Phi) is 4.81. The van der Waals surface area contributed by atoms with E-state index in [0.717, 1.165) is 18.7 Å². The van der Waals surface area contributed by atoms with Gasteiger partial charge in [0.2, 0.25) is 0 Å². The van der Waals surface area contributed by atoms with Gasteiger partial charge in [0.15, 0.2) is 0 Å². The topological polar surface area (TPSA) is 41.1 Å². The van der Waals surface area contributed by atoms with Crippen molar-refractivity contribution in [2.75, 3.05) is 0 Å². The molecule has 0 atom stereocenters. The first kappa shape index (κ1) is 15.0.